The molecule has 0 aromatic carbocycles. The van der Waals surface area contributed by atoms with E-state index in [1.54, 1.807) is 0 Å². The maximum atomic E-state index is 10.6. The second-order valence-electron chi connectivity index (χ2n) is 5.42. The number of carbonyl (C=O) groups excluding carboxylic acids is 1. The summed E-state index contributed by atoms with van der Waals surface area (Å²) < 4.78 is 5.27. The Bertz CT molecular complexity index is 242. The van der Waals surface area contributed by atoms with Gasteiger partial charge in [0, 0.05) is 18.1 Å². The molecule has 0 aromatic heterocycles. The molecule has 2 atom stereocenters. The molecule has 0 radical (unpaired) electrons. The van der Waals surface area contributed by atoms with E-state index in [2.05, 4.69) is 18.7 Å². The highest BCUT2D eigenvalue weighted by Gasteiger charge is 2.42. The lowest BCUT2D eigenvalue weighted by Gasteiger charge is -2.50. The Kier molecular flexibility index (Phi) is 4.95. The molecule has 0 bridgehead atoms. The van der Waals surface area contributed by atoms with Gasteiger partial charge in [-0.3, -0.25) is 9.69 Å². The summed E-state index contributed by atoms with van der Waals surface area (Å²) in [6.07, 6.45) is 4.04. The van der Waals surface area contributed by atoms with Gasteiger partial charge in [0.25, 0.3) is 6.47 Å². The van der Waals surface area contributed by atoms with Crippen molar-refractivity contribution in [2.45, 2.75) is 77.2 Å². The van der Waals surface area contributed by atoms with Gasteiger partial charge in [-0.15, -0.1) is 0 Å². The van der Waals surface area contributed by atoms with E-state index in [1.165, 1.54) is 0 Å². The minimum Gasteiger partial charge on any atom is -0.446 e. The third-order valence-corrected chi connectivity index (χ3v) is 3.84. The highest BCUT2D eigenvalue weighted by Crippen LogP contribution is 2.33. The summed E-state index contributed by atoms with van der Waals surface area (Å²) in [5.41, 5.74) is 5.57. The average Bonchev–Trinajstić information content (AvgIpc) is 2.27. The van der Waals surface area contributed by atoms with Crippen LogP contribution in [0, 0.1) is 0 Å². The number of nitrogens with two attached hydrogens (primary N) is 1. The maximum Gasteiger partial charge on any atom is 0.294 e. The molecular formula is C13H26N2O2. The third kappa shape index (κ3) is 3.19. The average molecular weight is 242 g/mol. The molecule has 1 heterocycles. The van der Waals surface area contributed by atoms with E-state index < -0.39 is 5.72 Å². The fourth-order valence-corrected chi connectivity index (χ4v) is 3.11. The molecule has 1 aliphatic rings. The minimum absolute atomic E-state index is 0.271. The molecule has 17 heavy (non-hydrogen) atoms. The van der Waals surface area contributed by atoms with Crippen LogP contribution in [-0.4, -0.2) is 35.2 Å². The van der Waals surface area contributed by atoms with Gasteiger partial charge in [0.15, 0.2) is 5.72 Å². The Morgan fingerprint density at radius 3 is 2.12 bits per heavy atom. The first-order chi connectivity index (χ1) is 7.96. The molecule has 0 spiro atoms. The van der Waals surface area contributed by atoms with E-state index in [0.717, 1.165) is 25.7 Å². The lowest BCUT2D eigenvalue weighted by molar-refractivity contribution is -0.181. The molecule has 0 aromatic rings. The zero-order chi connectivity index (χ0) is 13.1. The molecule has 2 unspecified atom stereocenters. The van der Waals surface area contributed by atoms with Crippen LogP contribution < -0.4 is 5.73 Å². The van der Waals surface area contributed by atoms with Crippen molar-refractivity contribution >= 4 is 6.47 Å². The Morgan fingerprint density at radius 1 is 1.29 bits per heavy atom. The van der Waals surface area contributed by atoms with Crippen molar-refractivity contribution < 1.29 is 9.53 Å². The lowest BCUT2D eigenvalue weighted by Crippen LogP contribution is -2.61. The van der Waals surface area contributed by atoms with Crippen molar-refractivity contribution in [1.82, 2.24) is 4.90 Å². The Morgan fingerprint density at radius 2 is 1.76 bits per heavy atom. The molecule has 0 amide bonds. The van der Waals surface area contributed by atoms with Gasteiger partial charge in [0.2, 0.25) is 0 Å². The Labute approximate surface area is 104 Å². The predicted octanol–water partition coefficient (Wildman–Crippen LogP) is 1.88. The minimum atomic E-state index is -0.538. The second-order valence-corrected chi connectivity index (χ2v) is 5.42. The molecule has 1 rings (SSSR count). The first-order valence-corrected chi connectivity index (χ1v) is 6.61. The van der Waals surface area contributed by atoms with Gasteiger partial charge < -0.3 is 10.5 Å². The van der Waals surface area contributed by atoms with Crippen LogP contribution in [0.1, 0.15) is 53.4 Å². The van der Waals surface area contributed by atoms with E-state index in [-0.39, 0.29) is 6.04 Å². The van der Waals surface area contributed by atoms with Crippen molar-refractivity contribution in [3.63, 3.8) is 0 Å². The largest absolute Gasteiger partial charge is 0.446 e. The molecule has 1 fully saturated rings. The maximum absolute atomic E-state index is 10.6. The van der Waals surface area contributed by atoms with Crippen LogP contribution in [0.3, 0.4) is 0 Å². The van der Waals surface area contributed by atoms with Crippen molar-refractivity contribution in [3.05, 3.63) is 0 Å². The topological polar surface area (TPSA) is 55.6 Å². The number of hydrogen-bond acceptors (Lipinski definition) is 4. The van der Waals surface area contributed by atoms with Gasteiger partial charge in [-0.05, 0) is 39.5 Å². The molecule has 1 aliphatic heterocycles. The molecule has 1 saturated heterocycles. The highest BCUT2D eigenvalue weighted by molar-refractivity contribution is 5.38. The van der Waals surface area contributed by atoms with Crippen LogP contribution in [-0.2, 0) is 9.53 Å². The normalized spacial score (nSPS) is 31.2. The first kappa shape index (κ1) is 14.5. The summed E-state index contributed by atoms with van der Waals surface area (Å²) in [7, 11) is 0. The molecule has 4 heteroatoms. The second kappa shape index (κ2) is 5.83. The summed E-state index contributed by atoms with van der Waals surface area (Å²) in [5, 5.41) is 0. The van der Waals surface area contributed by atoms with Crippen LogP contribution in [0.25, 0.3) is 0 Å². The molecule has 4 nitrogen and oxygen atoms in total. The van der Waals surface area contributed by atoms with Gasteiger partial charge in [-0.1, -0.05) is 13.8 Å². The van der Waals surface area contributed by atoms with Crippen molar-refractivity contribution in [2.75, 3.05) is 0 Å². The molecule has 0 saturated carbocycles. The van der Waals surface area contributed by atoms with Crippen molar-refractivity contribution in [1.29, 1.82) is 0 Å². The summed E-state index contributed by atoms with van der Waals surface area (Å²) in [4.78, 5) is 13.0. The zero-order valence-electron chi connectivity index (χ0n) is 11.5. The first-order valence-electron chi connectivity index (χ1n) is 6.61. The smallest absolute Gasteiger partial charge is 0.294 e. The van der Waals surface area contributed by atoms with Crippen molar-refractivity contribution in [3.8, 4) is 0 Å². The molecular weight excluding hydrogens is 216 g/mol. The molecule has 2 N–H and O–H groups in total. The summed E-state index contributed by atoms with van der Waals surface area (Å²) in [6, 6.07) is 1.07. The Balaban J connectivity index is 2.92. The van der Waals surface area contributed by atoms with E-state index in [0.29, 0.717) is 18.6 Å². The fourth-order valence-electron chi connectivity index (χ4n) is 3.11. The number of hydrogen-bond donors (Lipinski definition) is 1. The summed E-state index contributed by atoms with van der Waals surface area (Å²) in [6.45, 7) is 8.81. The van der Waals surface area contributed by atoms with E-state index in [4.69, 9.17) is 10.5 Å². The lowest BCUT2D eigenvalue weighted by atomic mass is 9.87. The van der Waals surface area contributed by atoms with E-state index in [1.807, 2.05) is 13.8 Å². The monoisotopic (exact) mass is 242 g/mol. The van der Waals surface area contributed by atoms with Crippen LogP contribution >= 0.6 is 0 Å². The predicted molar refractivity (Wildman–Crippen MR) is 68.4 cm³/mol. The van der Waals surface area contributed by atoms with E-state index >= 15 is 0 Å². The highest BCUT2D eigenvalue weighted by atomic mass is 16.6. The van der Waals surface area contributed by atoms with Crippen LogP contribution in [0.5, 0.6) is 0 Å². The fraction of sp³-hybridized carbons (Fsp3) is 0.923. The molecule has 100 valence electrons. The van der Waals surface area contributed by atoms with Gasteiger partial charge in [-0.2, -0.15) is 0 Å². The summed E-state index contributed by atoms with van der Waals surface area (Å²) >= 11 is 0. The van der Waals surface area contributed by atoms with Gasteiger partial charge in [0.05, 0.1) is 0 Å². The van der Waals surface area contributed by atoms with Crippen molar-refractivity contribution in [2.24, 2.45) is 5.73 Å². The Hall–Kier alpha value is -0.610. The quantitative estimate of drug-likeness (QED) is 0.748. The van der Waals surface area contributed by atoms with Gasteiger partial charge in [0.1, 0.15) is 0 Å². The number of nitrogens with zero attached hydrogens (tertiary/aromatic N) is 1. The third-order valence-electron chi connectivity index (χ3n) is 3.84. The van der Waals surface area contributed by atoms with Crippen LogP contribution in [0.2, 0.25) is 0 Å². The molecule has 0 aliphatic carbocycles. The summed E-state index contributed by atoms with van der Waals surface area (Å²) in [5.74, 6) is 0. The number of piperidine rings is 1. The number of rotatable bonds is 5. The van der Waals surface area contributed by atoms with Crippen LogP contribution in [0.4, 0.5) is 0 Å². The van der Waals surface area contributed by atoms with E-state index in [9.17, 15) is 4.79 Å². The van der Waals surface area contributed by atoms with Crippen LogP contribution in [0.15, 0.2) is 0 Å². The van der Waals surface area contributed by atoms with Gasteiger partial charge >= 0.3 is 0 Å². The zero-order valence-corrected chi connectivity index (χ0v) is 11.5. The number of likely N-dealkylation sites (tertiary alicyclic amines) is 1. The SMILES string of the molecule is CCC1CC(N)CC(CC)N1C(C)(C)OC=O. The number of carbonyl (C=O) groups is 1. The standard InChI is InChI=1S/C13H26N2O2/c1-5-11-7-10(14)8-12(6-2)15(11)13(3,4)17-9-16/h9-12H,5-8,14H2,1-4H3. The number of ether oxygens (including phenoxy) is 1. The van der Waals surface area contributed by atoms with Gasteiger partial charge in [-0.25, -0.2) is 0 Å².